The number of aryl methyl sites for hydroxylation is 1. The number of phenols is 1. The average molecular weight is 577 g/mol. The molecule has 2 aromatic rings. The Morgan fingerprint density at radius 2 is 1.95 bits per heavy atom. The normalized spacial score (nSPS) is 21.6. The summed E-state index contributed by atoms with van der Waals surface area (Å²) in [7, 11) is 0. The Hall–Kier alpha value is -4.18. The molecular formula is C24H28N6O9S. The van der Waals surface area contributed by atoms with Gasteiger partial charge in [0.1, 0.15) is 48.6 Å². The molecule has 2 saturated heterocycles. The molecule has 0 radical (unpaired) electrons. The van der Waals surface area contributed by atoms with Crippen molar-refractivity contribution < 1.29 is 38.7 Å². The third-order valence-electron chi connectivity index (χ3n) is 6.63. The van der Waals surface area contributed by atoms with E-state index in [1.54, 1.807) is 20.8 Å². The number of imidazole rings is 1. The summed E-state index contributed by atoms with van der Waals surface area (Å²) in [5.74, 6) is -2.60. The minimum Gasteiger partial charge on any atom is -0.508 e. The number of β-lactam (4-membered cyclic amide) rings is 1. The Labute approximate surface area is 232 Å². The zero-order chi connectivity index (χ0) is 29.4. The van der Waals surface area contributed by atoms with Gasteiger partial charge in [0.25, 0.3) is 0 Å². The second-order valence-corrected chi connectivity index (χ2v) is 11.5. The highest BCUT2D eigenvalue weighted by Gasteiger charge is 2.64. The largest absolute Gasteiger partial charge is 0.508 e. The van der Waals surface area contributed by atoms with Gasteiger partial charge in [-0.3, -0.25) is 9.59 Å². The molecule has 2 aliphatic heterocycles. The van der Waals surface area contributed by atoms with Crippen LogP contribution in [0.3, 0.4) is 0 Å². The van der Waals surface area contributed by atoms with Gasteiger partial charge in [0.2, 0.25) is 11.8 Å². The number of esters is 2. The SMILES string of the molecule is Cc1ncc([N+](=O)[O-])n1CCOC(=O)COC(=O)[C@@H]1N2C(=O)[C@@H](NC(=O)[C@H](N)c3ccc(O)cc3)[C@H]2SC1(C)C. The number of fused-ring (bicyclic) bond motifs is 1. The molecule has 4 N–H and O–H groups in total. The molecule has 0 aliphatic carbocycles. The number of hydrogen-bond donors (Lipinski definition) is 3. The second-order valence-electron chi connectivity index (χ2n) is 9.72. The third-order valence-corrected chi connectivity index (χ3v) is 8.20. The second kappa shape index (κ2) is 11.1. The van der Waals surface area contributed by atoms with Crippen LogP contribution in [0.2, 0.25) is 0 Å². The first-order valence-electron chi connectivity index (χ1n) is 12.2. The van der Waals surface area contributed by atoms with Gasteiger partial charge in [0.05, 0.1) is 0 Å². The van der Waals surface area contributed by atoms with Gasteiger partial charge < -0.3 is 40.6 Å². The highest BCUT2D eigenvalue weighted by Crippen LogP contribution is 2.51. The van der Waals surface area contributed by atoms with Crippen molar-refractivity contribution in [3.8, 4) is 5.75 Å². The molecular weight excluding hydrogens is 548 g/mol. The summed E-state index contributed by atoms with van der Waals surface area (Å²) in [6.07, 6.45) is 1.10. The number of nitrogens with one attached hydrogen (secondary N) is 1. The smallest absolute Gasteiger partial charge is 0.344 e. The predicted octanol–water partition coefficient (Wildman–Crippen LogP) is 0.139. The zero-order valence-electron chi connectivity index (χ0n) is 21.8. The van der Waals surface area contributed by atoms with E-state index in [0.717, 1.165) is 6.20 Å². The van der Waals surface area contributed by atoms with E-state index in [-0.39, 0.29) is 24.7 Å². The molecule has 4 atom stereocenters. The van der Waals surface area contributed by atoms with Crippen LogP contribution in [0.25, 0.3) is 0 Å². The first-order chi connectivity index (χ1) is 18.8. The molecule has 214 valence electrons. The molecule has 2 fully saturated rings. The number of thioether (sulfide) groups is 1. The van der Waals surface area contributed by atoms with Gasteiger partial charge >= 0.3 is 17.8 Å². The molecule has 4 rings (SSSR count). The van der Waals surface area contributed by atoms with Gasteiger partial charge in [-0.05, 0) is 36.5 Å². The van der Waals surface area contributed by atoms with Crippen molar-refractivity contribution in [3.05, 3.63) is 52.0 Å². The van der Waals surface area contributed by atoms with Gasteiger partial charge in [-0.2, -0.15) is 0 Å². The van der Waals surface area contributed by atoms with Crippen LogP contribution in [-0.2, 0) is 35.2 Å². The maximum Gasteiger partial charge on any atom is 0.344 e. The fourth-order valence-electron chi connectivity index (χ4n) is 4.58. The summed E-state index contributed by atoms with van der Waals surface area (Å²) < 4.78 is 10.7. The van der Waals surface area contributed by atoms with E-state index < -0.39 is 63.5 Å². The fraction of sp³-hybridized carbons (Fsp3) is 0.458. The minimum absolute atomic E-state index is 0.0123. The monoisotopic (exact) mass is 576 g/mol. The summed E-state index contributed by atoms with van der Waals surface area (Å²) >= 11 is 1.30. The summed E-state index contributed by atoms with van der Waals surface area (Å²) in [6, 6.07) is 2.80. The lowest BCUT2D eigenvalue weighted by atomic mass is 9.95. The quantitative estimate of drug-likeness (QED) is 0.149. The van der Waals surface area contributed by atoms with E-state index in [2.05, 4.69) is 10.3 Å². The molecule has 15 nitrogen and oxygen atoms in total. The van der Waals surface area contributed by atoms with Gasteiger partial charge in [0, 0.05) is 11.7 Å². The number of carbonyl (C=O) groups is 4. The summed E-state index contributed by atoms with van der Waals surface area (Å²) in [5, 5.41) is 22.6. The molecule has 1 aromatic heterocycles. The summed E-state index contributed by atoms with van der Waals surface area (Å²) in [6.45, 7) is 4.13. The summed E-state index contributed by atoms with van der Waals surface area (Å²) in [4.78, 5) is 66.3. The predicted molar refractivity (Wildman–Crippen MR) is 139 cm³/mol. The third kappa shape index (κ3) is 5.58. The zero-order valence-corrected chi connectivity index (χ0v) is 22.6. The van der Waals surface area contributed by atoms with Crippen molar-refractivity contribution >= 4 is 41.3 Å². The van der Waals surface area contributed by atoms with E-state index >= 15 is 0 Å². The topological polar surface area (TPSA) is 209 Å². The van der Waals surface area contributed by atoms with Crippen LogP contribution in [0.1, 0.15) is 31.3 Å². The van der Waals surface area contributed by atoms with Crippen molar-refractivity contribution in [1.29, 1.82) is 0 Å². The minimum atomic E-state index is -1.07. The fourth-order valence-corrected chi connectivity index (χ4v) is 6.20. The van der Waals surface area contributed by atoms with Crippen LogP contribution >= 0.6 is 11.8 Å². The lowest BCUT2D eigenvalue weighted by Crippen LogP contribution is -2.71. The van der Waals surface area contributed by atoms with E-state index in [9.17, 15) is 34.4 Å². The van der Waals surface area contributed by atoms with Gasteiger partial charge in [-0.25, -0.2) is 19.1 Å². The van der Waals surface area contributed by atoms with Crippen molar-refractivity contribution in [2.75, 3.05) is 13.2 Å². The molecule has 40 heavy (non-hydrogen) atoms. The maximum atomic E-state index is 12.9. The molecule has 3 heterocycles. The van der Waals surface area contributed by atoms with Crippen LogP contribution in [0.4, 0.5) is 5.82 Å². The lowest BCUT2D eigenvalue weighted by molar-refractivity contribution is -0.392. The van der Waals surface area contributed by atoms with Crippen LogP contribution in [0.15, 0.2) is 30.5 Å². The van der Waals surface area contributed by atoms with E-state index in [4.69, 9.17) is 15.2 Å². The number of aromatic nitrogens is 2. The molecule has 0 saturated carbocycles. The summed E-state index contributed by atoms with van der Waals surface area (Å²) in [5.41, 5.74) is 6.46. The van der Waals surface area contributed by atoms with Gasteiger partial charge in [-0.15, -0.1) is 11.8 Å². The van der Waals surface area contributed by atoms with E-state index in [1.807, 2.05) is 0 Å². The van der Waals surface area contributed by atoms with Crippen LogP contribution in [0, 0.1) is 17.0 Å². The number of carbonyl (C=O) groups excluding carboxylic acids is 4. The van der Waals surface area contributed by atoms with Gasteiger partial charge in [0.15, 0.2) is 12.4 Å². The number of nitro groups is 1. The van der Waals surface area contributed by atoms with Crippen LogP contribution in [-0.4, -0.2) is 83.7 Å². The maximum absolute atomic E-state index is 12.9. The van der Waals surface area contributed by atoms with Crippen LogP contribution < -0.4 is 11.1 Å². The Kier molecular flexibility index (Phi) is 8.02. The molecule has 0 unspecified atom stereocenters. The number of amides is 2. The first kappa shape index (κ1) is 28.8. The number of ether oxygens (including phenoxy) is 2. The van der Waals surface area contributed by atoms with Gasteiger partial charge in [-0.1, -0.05) is 12.1 Å². The van der Waals surface area contributed by atoms with Crippen molar-refractivity contribution in [2.45, 2.75) is 55.6 Å². The van der Waals surface area contributed by atoms with Crippen molar-refractivity contribution in [3.63, 3.8) is 0 Å². The molecule has 2 aliphatic rings. The van der Waals surface area contributed by atoms with E-state index in [1.165, 1.54) is 45.5 Å². The van der Waals surface area contributed by atoms with E-state index in [0.29, 0.717) is 11.4 Å². The lowest BCUT2D eigenvalue weighted by Gasteiger charge is -2.44. The number of benzene rings is 1. The Morgan fingerprint density at radius 3 is 2.60 bits per heavy atom. The number of aromatic hydroxyl groups is 1. The molecule has 2 amide bonds. The number of phenolic OH excluding ortho intramolecular Hbond substituents is 1. The molecule has 0 spiro atoms. The van der Waals surface area contributed by atoms with Crippen molar-refractivity contribution in [2.24, 2.45) is 5.73 Å². The standard InChI is InChI=1S/C24H28N6O9S/c1-12-26-10-15(30(36)37)28(12)8-9-38-16(32)11-39-23(35)19-24(2,3)40-22-18(21(34)29(19)22)27-20(33)17(25)13-4-6-14(31)7-5-13/h4-7,10,17-19,22,31H,8-9,11,25H2,1-3H3,(H,27,33)/t17-,18-,19+,22-/m1/s1. The highest BCUT2D eigenvalue weighted by atomic mass is 32.2. The molecule has 1 aromatic carbocycles. The molecule has 0 bridgehead atoms. The average Bonchev–Trinajstić information content (AvgIpc) is 3.39. The Morgan fingerprint density at radius 1 is 1.27 bits per heavy atom. The number of hydrogen-bond acceptors (Lipinski definition) is 12. The Bertz CT molecular complexity index is 1340. The number of nitrogens with zero attached hydrogens (tertiary/aromatic N) is 4. The number of nitrogens with two attached hydrogens (primary N) is 1. The first-order valence-corrected chi connectivity index (χ1v) is 13.0. The molecule has 16 heteroatoms. The number of rotatable bonds is 10. The Balaban J connectivity index is 1.29. The van der Waals surface area contributed by atoms with Crippen LogP contribution in [0.5, 0.6) is 5.75 Å². The highest BCUT2D eigenvalue weighted by molar-refractivity contribution is 8.01. The van der Waals surface area contributed by atoms with Crippen molar-refractivity contribution in [1.82, 2.24) is 19.8 Å².